The van der Waals surface area contributed by atoms with Gasteiger partial charge in [0.1, 0.15) is 17.7 Å². The second kappa shape index (κ2) is 10.8. The molecule has 0 unspecified atom stereocenters. The van der Waals surface area contributed by atoms with Crippen molar-refractivity contribution < 1.29 is 29.0 Å². The molecule has 0 saturated heterocycles. The Balaban J connectivity index is 2.13. The molecule has 0 aliphatic heterocycles. The third-order valence-corrected chi connectivity index (χ3v) is 4.64. The molecule has 178 valence electrons. The van der Waals surface area contributed by atoms with Crippen molar-refractivity contribution in [3.05, 3.63) is 60.2 Å². The van der Waals surface area contributed by atoms with Crippen molar-refractivity contribution in [2.24, 2.45) is 0 Å². The molecule has 0 aliphatic rings. The topological polar surface area (TPSA) is 105 Å². The van der Waals surface area contributed by atoms with Crippen LogP contribution in [0.15, 0.2) is 54.6 Å². The lowest BCUT2D eigenvalue weighted by Gasteiger charge is -2.31. The Labute approximate surface area is 194 Å². The highest BCUT2D eigenvalue weighted by atomic mass is 16.6. The number of alkyl carbamates (subject to hydrolysis) is 1. The average Bonchev–Trinajstić information content (AvgIpc) is 2.72. The van der Waals surface area contributed by atoms with Crippen LogP contribution in [-0.2, 0) is 19.9 Å². The first-order chi connectivity index (χ1) is 15.4. The fourth-order valence-electron chi connectivity index (χ4n) is 3.22. The molecule has 33 heavy (non-hydrogen) atoms. The molecular weight excluding hydrogens is 424 g/mol. The maximum absolute atomic E-state index is 12.9. The van der Waals surface area contributed by atoms with Gasteiger partial charge in [-0.1, -0.05) is 54.6 Å². The Bertz CT molecular complexity index is 966. The molecule has 0 radical (unpaired) electrons. The van der Waals surface area contributed by atoms with Crippen molar-refractivity contribution in [3.8, 4) is 11.1 Å². The van der Waals surface area contributed by atoms with Crippen molar-refractivity contribution in [2.75, 3.05) is 19.6 Å². The van der Waals surface area contributed by atoms with Crippen LogP contribution < -0.4 is 5.32 Å². The summed E-state index contributed by atoms with van der Waals surface area (Å²) in [5.41, 5.74) is 0.957. The number of carboxylic acids is 1. The zero-order chi connectivity index (χ0) is 24.6. The van der Waals surface area contributed by atoms with Crippen LogP contribution in [-0.4, -0.2) is 53.4 Å². The van der Waals surface area contributed by atoms with E-state index in [1.54, 1.807) is 34.6 Å². The Hall–Kier alpha value is -3.55. The highest BCUT2D eigenvalue weighted by Gasteiger charge is 2.31. The molecule has 0 saturated carbocycles. The predicted octanol–water partition coefficient (Wildman–Crippen LogP) is 4.64. The van der Waals surface area contributed by atoms with E-state index in [0.29, 0.717) is 0 Å². The lowest BCUT2D eigenvalue weighted by molar-refractivity contribution is -0.138. The number of nitrogens with one attached hydrogen (secondary N) is 1. The summed E-state index contributed by atoms with van der Waals surface area (Å²) >= 11 is 0. The van der Waals surface area contributed by atoms with Gasteiger partial charge in [0, 0.05) is 18.7 Å². The van der Waals surface area contributed by atoms with Gasteiger partial charge in [-0.05, 0) is 45.7 Å². The lowest BCUT2D eigenvalue weighted by Crippen LogP contribution is -2.44. The second-order valence-corrected chi connectivity index (χ2v) is 9.03. The SMILES string of the molecule is CC(C)(C)OC(=O)NCCN(CC(=O)O)C(=O)OC(C)(C)c1ccccc1-c1ccccc1. The fraction of sp³-hybridized carbons (Fsp3) is 0.400. The van der Waals surface area contributed by atoms with E-state index >= 15 is 0 Å². The molecule has 0 atom stereocenters. The van der Waals surface area contributed by atoms with E-state index in [2.05, 4.69) is 5.32 Å². The Morgan fingerprint density at radius 3 is 2.12 bits per heavy atom. The summed E-state index contributed by atoms with van der Waals surface area (Å²) < 4.78 is 10.9. The lowest BCUT2D eigenvalue weighted by atomic mass is 9.89. The molecule has 2 N–H and O–H groups in total. The molecule has 2 aromatic carbocycles. The number of carbonyl (C=O) groups is 3. The summed E-state index contributed by atoms with van der Waals surface area (Å²) in [6, 6.07) is 17.3. The molecular formula is C25H32N2O6. The van der Waals surface area contributed by atoms with Crippen molar-refractivity contribution >= 4 is 18.2 Å². The maximum Gasteiger partial charge on any atom is 0.411 e. The molecule has 0 bridgehead atoms. The zero-order valence-electron chi connectivity index (χ0n) is 19.8. The van der Waals surface area contributed by atoms with Crippen LogP contribution in [0.3, 0.4) is 0 Å². The molecule has 0 aromatic heterocycles. The van der Waals surface area contributed by atoms with E-state index < -0.39 is 35.9 Å². The molecule has 8 heteroatoms. The first kappa shape index (κ1) is 25.7. The number of hydrogen-bond acceptors (Lipinski definition) is 5. The van der Waals surface area contributed by atoms with Gasteiger partial charge in [0.05, 0.1) is 0 Å². The minimum atomic E-state index is -1.19. The van der Waals surface area contributed by atoms with Crippen LogP contribution in [0, 0.1) is 0 Å². The van der Waals surface area contributed by atoms with E-state index in [4.69, 9.17) is 9.47 Å². The van der Waals surface area contributed by atoms with Crippen molar-refractivity contribution in [3.63, 3.8) is 0 Å². The Kier molecular flexibility index (Phi) is 8.45. The average molecular weight is 457 g/mol. The van der Waals surface area contributed by atoms with Crippen LogP contribution in [0.5, 0.6) is 0 Å². The first-order valence-electron chi connectivity index (χ1n) is 10.7. The molecule has 2 rings (SSSR count). The zero-order valence-corrected chi connectivity index (χ0v) is 19.8. The number of carboxylic acid groups (broad SMARTS) is 1. The van der Waals surface area contributed by atoms with Gasteiger partial charge >= 0.3 is 18.2 Å². The van der Waals surface area contributed by atoms with Crippen molar-refractivity contribution in [1.29, 1.82) is 0 Å². The van der Waals surface area contributed by atoms with E-state index in [0.717, 1.165) is 21.6 Å². The minimum Gasteiger partial charge on any atom is -0.480 e. The summed E-state index contributed by atoms with van der Waals surface area (Å²) in [5, 5.41) is 11.8. The number of rotatable bonds is 8. The largest absolute Gasteiger partial charge is 0.480 e. The molecule has 0 heterocycles. The third-order valence-electron chi connectivity index (χ3n) is 4.64. The fourth-order valence-corrected chi connectivity index (χ4v) is 3.22. The maximum atomic E-state index is 12.9. The van der Waals surface area contributed by atoms with E-state index in [9.17, 15) is 19.5 Å². The second-order valence-electron chi connectivity index (χ2n) is 9.03. The van der Waals surface area contributed by atoms with Gasteiger partial charge in [0.15, 0.2) is 0 Å². The number of aliphatic carboxylic acids is 1. The molecule has 2 amide bonds. The monoisotopic (exact) mass is 456 g/mol. The van der Waals surface area contributed by atoms with Gasteiger partial charge in [0.25, 0.3) is 0 Å². The van der Waals surface area contributed by atoms with Gasteiger partial charge in [-0.25, -0.2) is 9.59 Å². The van der Waals surface area contributed by atoms with Gasteiger partial charge in [-0.15, -0.1) is 0 Å². The quantitative estimate of drug-likeness (QED) is 0.600. The van der Waals surface area contributed by atoms with Crippen LogP contribution in [0.2, 0.25) is 0 Å². The summed E-state index contributed by atoms with van der Waals surface area (Å²) in [4.78, 5) is 37.1. The summed E-state index contributed by atoms with van der Waals surface area (Å²) in [6.07, 6.45) is -1.44. The number of ether oxygens (including phenoxy) is 2. The minimum absolute atomic E-state index is 0.0122. The van der Waals surface area contributed by atoms with Crippen LogP contribution in [0.25, 0.3) is 11.1 Å². The summed E-state index contributed by atoms with van der Waals surface area (Å²) in [6.45, 7) is 8.10. The smallest absolute Gasteiger partial charge is 0.411 e. The molecule has 2 aromatic rings. The number of nitrogens with zero attached hydrogens (tertiary/aromatic N) is 1. The van der Waals surface area contributed by atoms with Crippen molar-refractivity contribution in [2.45, 2.75) is 45.8 Å². The van der Waals surface area contributed by atoms with Gasteiger partial charge < -0.3 is 19.9 Å². The summed E-state index contributed by atoms with van der Waals surface area (Å²) in [5.74, 6) is -1.19. The van der Waals surface area contributed by atoms with Gasteiger partial charge in [-0.3, -0.25) is 9.69 Å². The van der Waals surface area contributed by atoms with Crippen LogP contribution in [0.4, 0.5) is 9.59 Å². The number of amides is 2. The molecule has 0 fully saturated rings. The number of carbonyl (C=O) groups excluding carboxylic acids is 2. The van der Waals surface area contributed by atoms with Crippen LogP contribution >= 0.6 is 0 Å². The normalized spacial score (nSPS) is 11.4. The van der Waals surface area contributed by atoms with E-state index in [1.807, 2.05) is 54.6 Å². The van der Waals surface area contributed by atoms with Crippen molar-refractivity contribution in [1.82, 2.24) is 10.2 Å². The number of benzene rings is 2. The van der Waals surface area contributed by atoms with Gasteiger partial charge in [-0.2, -0.15) is 0 Å². The highest BCUT2D eigenvalue weighted by molar-refractivity contribution is 5.77. The molecule has 0 aliphatic carbocycles. The van der Waals surface area contributed by atoms with E-state index in [1.165, 1.54) is 0 Å². The number of hydrogen-bond donors (Lipinski definition) is 2. The summed E-state index contributed by atoms with van der Waals surface area (Å²) in [7, 11) is 0. The van der Waals surface area contributed by atoms with E-state index in [-0.39, 0.29) is 13.1 Å². The predicted molar refractivity (Wildman–Crippen MR) is 125 cm³/mol. The Morgan fingerprint density at radius 2 is 1.52 bits per heavy atom. The first-order valence-corrected chi connectivity index (χ1v) is 10.7. The Morgan fingerprint density at radius 1 is 0.909 bits per heavy atom. The highest BCUT2D eigenvalue weighted by Crippen LogP contribution is 2.34. The standard InChI is InChI=1S/C25H32N2O6/c1-24(2,3)32-22(30)26-15-16-27(17-21(28)29)23(31)33-25(4,5)20-14-10-9-13-19(20)18-11-7-6-8-12-18/h6-14H,15-17H2,1-5H3,(H,26,30)(H,28,29). The molecule has 0 spiro atoms. The molecule has 8 nitrogen and oxygen atoms in total. The van der Waals surface area contributed by atoms with Crippen LogP contribution in [0.1, 0.15) is 40.2 Å². The third kappa shape index (κ3) is 8.14. The van der Waals surface area contributed by atoms with Gasteiger partial charge in [0.2, 0.25) is 0 Å².